The molecule has 1 fully saturated rings. The molecule has 0 bridgehead atoms. The summed E-state index contributed by atoms with van der Waals surface area (Å²) in [6, 6.07) is 0. The van der Waals surface area contributed by atoms with E-state index in [1.807, 2.05) is 0 Å². The number of phosphoric ester groups is 1. The number of hydrogen-bond acceptors (Lipinski definition) is 11. The van der Waals surface area contributed by atoms with Gasteiger partial charge in [0.1, 0.15) is 42.7 Å². The van der Waals surface area contributed by atoms with E-state index in [4.69, 9.17) is 18.5 Å². The van der Waals surface area contributed by atoms with Gasteiger partial charge in [0.05, 0.1) is 13.2 Å². The summed E-state index contributed by atoms with van der Waals surface area (Å²) in [6.45, 7) is 4.19. The maximum atomic E-state index is 12.8. The number of aliphatic hydroxyl groups excluding tert-OH is 5. The van der Waals surface area contributed by atoms with Crippen molar-refractivity contribution >= 4 is 13.8 Å². The van der Waals surface area contributed by atoms with Crippen LogP contribution in [0, 0.1) is 0 Å². The number of carbonyl (C=O) groups is 1. The lowest BCUT2D eigenvalue weighted by molar-refractivity contribution is -0.220. The summed E-state index contributed by atoms with van der Waals surface area (Å²) < 4.78 is 34.1. The van der Waals surface area contributed by atoms with Gasteiger partial charge < -0.3 is 39.9 Å². The molecule has 6 unspecified atom stereocenters. The highest BCUT2D eigenvalue weighted by Crippen LogP contribution is 2.47. The van der Waals surface area contributed by atoms with E-state index in [1.54, 1.807) is 0 Å². The van der Waals surface area contributed by atoms with Crippen LogP contribution in [0.3, 0.4) is 0 Å². The molecule has 1 rings (SSSR count). The van der Waals surface area contributed by atoms with Crippen LogP contribution in [0.2, 0.25) is 0 Å². The zero-order valence-corrected chi connectivity index (χ0v) is 36.3. The minimum Gasteiger partial charge on any atom is -0.457 e. The fraction of sp³-hybridized carbons (Fsp3) is 0.841. The third-order valence-corrected chi connectivity index (χ3v) is 11.2. The number of carbonyl (C=O) groups excluding carboxylic acids is 1. The van der Waals surface area contributed by atoms with Crippen molar-refractivity contribution in [3.05, 3.63) is 36.5 Å². The lowest BCUT2D eigenvalue weighted by Crippen LogP contribution is -2.64. The maximum absolute atomic E-state index is 12.8. The monoisotopic (exact) mass is 833 g/mol. The van der Waals surface area contributed by atoms with Crippen LogP contribution < -0.4 is 0 Å². The topological polar surface area (TPSA) is 192 Å². The van der Waals surface area contributed by atoms with Gasteiger partial charge in [-0.3, -0.25) is 13.8 Å². The van der Waals surface area contributed by atoms with Crippen LogP contribution in [0.1, 0.15) is 174 Å². The van der Waals surface area contributed by atoms with Crippen molar-refractivity contribution in [3.8, 4) is 0 Å². The molecule has 0 aromatic rings. The van der Waals surface area contributed by atoms with Crippen LogP contribution in [0.15, 0.2) is 36.5 Å². The molecule has 12 nitrogen and oxygen atoms in total. The number of hydrogen-bond donors (Lipinski definition) is 6. The van der Waals surface area contributed by atoms with E-state index in [2.05, 4.69) is 50.3 Å². The SMILES string of the molecule is CCCCCC/C=C\C/C=C\CCCCCCCC(=O)OC(COCCCCCCCC/C=C\CCCCCC)COP(=O)(O)OC1C(O)C(O)C(O)C(O)C1O. The van der Waals surface area contributed by atoms with Crippen molar-refractivity contribution in [2.24, 2.45) is 0 Å². The number of rotatable bonds is 37. The van der Waals surface area contributed by atoms with Gasteiger partial charge in [-0.05, 0) is 70.6 Å². The van der Waals surface area contributed by atoms with Gasteiger partial charge >= 0.3 is 13.8 Å². The lowest BCUT2D eigenvalue weighted by atomic mass is 9.85. The predicted molar refractivity (Wildman–Crippen MR) is 226 cm³/mol. The van der Waals surface area contributed by atoms with E-state index in [0.29, 0.717) is 13.0 Å². The Labute approximate surface area is 344 Å². The second kappa shape index (κ2) is 35.3. The first-order chi connectivity index (χ1) is 27.5. The Morgan fingerprint density at radius 3 is 1.49 bits per heavy atom. The van der Waals surface area contributed by atoms with Crippen molar-refractivity contribution in [2.45, 2.75) is 217 Å². The van der Waals surface area contributed by atoms with Gasteiger partial charge in [0.15, 0.2) is 0 Å². The highest BCUT2D eigenvalue weighted by molar-refractivity contribution is 7.47. The summed E-state index contributed by atoms with van der Waals surface area (Å²) >= 11 is 0. The maximum Gasteiger partial charge on any atom is 0.472 e. The fourth-order valence-corrected chi connectivity index (χ4v) is 7.59. The van der Waals surface area contributed by atoms with E-state index in [0.717, 1.165) is 77.0 Å². The number of allylic oxidation sites excluding steroid dienone is 6. The lowest BCUT2D eigenvalue weighted by Gasteiger charge is -2.41. The van der Waals surface area contributed by atoms with Gasteiger partial charge in [-0.25, -0.2) is 4.57 Å². The van der Waals surface area contributed by atoms with Crippen LogP contribution in [-0.2, 0) is 27.9 Å². The smallest absolute Gasteiger partial charge is 0.457 e. The number of esters is 1. The van der Waals surface area contributed by atoms with E-state index in [-0.39, 0.29) is 13.0 Å². The van der Waals surface area contributed by atoms with Crippen LogP contribution in [0.25, 0.3) is 0 Å². The second-order valence-corrected chi connectivity index (χ2v) is 16.9. The highest BCUT2D eigenvalue weighted by atomic mass is 31.2. The molecule has 1 aliphatic rings. The van der Waals surface area contributed by atoms with Crippen molar-refractivity contribution in [2.75, 3.05) is 19.8 Å². The summed E-state index contributed by atoms with van der Waals surface area (Å²) in [6.07, 6.45) is 27.8. The minimum atomic E-state index is -5.02. The first kappa shape index (κ1) is 53.6. The third kappa shape index (κ3) is 27.9. The predicted octanol–water partition coefficient (Wildman–Crippen LogP) is 8.70. The van der Waals surface area contributed by atoms with Crippen LogP contribution in [-0.4, -0.2) is 98.9 Å². The van der Waals surface area contributed by atoms with Gasteiger partial charge in [0, 0.05) is 13.0 Å². The van der Waals surface area contributed by atoms with E-state index < -0.39 is 63.1 Å². The molecule has 0 amide bonds. The molecule has 0 radical (unpaired) electrons. The zero-order valence-electron chi connectivity index (χ0n) is 35.4. The highest BCUT2D eigenvalue weighted by Gasteiger charge is 2.51. The third-order valence-electron chi connectivity index (χ3n) is 10.2. The summed E-state index contributed by atoms with van der Waals surface area (Å²) in [5.74, 6) is -0.494. The van der Waals surface area contributed by atoms with Crippen molar-refractivity contribution in [1.29, 1.82) is 0 Å². The molecular formula is C44H81O12P. The normalized spacial score (nSPS) is 23.2. The van der Waals surface area contributed by atoms with E-state index >= 15 is 0 Å². The Bertz CT molecular complexity index is 1090. The van der Waals surface area contributed by atoms with Crippen LogP contribution in [0.4, 0.5) is 0 Å². The first-order valence-corrected chi connectivity index (χ1v) is 23.8. The molecule has 13 heteroatoms. The number of aliphatic hydroxyl groups is 5. The Morgan fingerprint density at radius 2 is 0.982 bits per heavy atom. The van der Waals surface area contributed by atoms with Gasteiger partial charge in [0.25, 0.3) is 0 Å². The molecule has 1 aliphatic carbocycles. The average Bonchev–Trinajstić information content (AvgIpc) is 3.19. The summed E-state index contributed by atoms with van der Waals surface area (Å²) in [4.78, 5) is 23.1. The number of phosphoric acid groups is 1. The Balaban J connectivity index is 2.43. The fourth-order valence-electron chi connectivity index (χ4n) is 6.61. The van der Waals surface area contributed by atoms with Gasteiger partial charge in [-0.15, -0.1) is 0 Å². The molecule has 0 saturated heterocycles. The van der Waals surface area contributed by atoms with Crippen LogP contribution in [0.5, 0.6) is 0 Å². The molecule has 0 heterocycles. The number of unbranched alkanes of at least 4 members (excludes halogenated alkanes) is 19. The van der Waals surface area contributed by atoms with Crippen molar-refractivity contribution in [3.63, 3.8) is 0 Å². The molecule has 6 atom stereocenters. The van der Waals surface area contributed by atoms with Crippen LogP contribution >= 0.6 is 7.82 Å². The molecule has 1 saturated carbocycles. The second-order valence-electron chi connectivity index (χ2n) is 15.5. The Hall–Kier alpha value is -1.44. The summed E-state index contributed by atoms with van der Waals surface area (Å²) in [5, 5.41) is 50.1. The van der Waals surface area contributed by atoms with Gasteiger partial charge in [-0.1, -0.05) is 134 Å². The van der Waals surface area contributed by atoms with Gasteiger partial charge in [-0.2, -0.15) is 0 Å². The molecular weight excluding hydrogens is 751 g/mol. The Kier molecular flexibility index (Phi) is 33.2. The van der Waals surface area contributed by atoms with Crippen molar-refractivity contribution < 1.29 is 58.3 Å². The molecule has 0 aromatic carbocycles. The van der Waals surface area contributed by atoms with E-state index in [9.17, 15) is 39.8 Å². The largest absolute Gasteiger partial charge is 0.472 e. The summed E-state index contributed by atoms with van der Waals surface area (Å²) in [5.41, 5.74) is 0. The standard InChI is InChI=1S/C44H81O12P/c1-3-5-7-9-11-13-15-17-19-20-21-23-25-27-29-31-33-38(45)55-37(35-53-34-32-30-28-26-24-22-18-16-14-12-10-8-6-4-2)36-54-57(51,52)56-44-42(49)40(47)39(46)41(48)43(44)50/h13-16,19-20,37,39-44,46-50H,3-12,17-18,21-36H2,1-2H3,(H,51,52)/b15-13-,16-14-,20-19-. The zero-order chi connectivity index (χ0) is 42.0. The average molecular weight is 833 g/mol. The Morgan fingerprint density at radius 1 is 0.561 bits per heavy atom. The quantitative estimate of drug-likeness (QED) is 0.0151. The van der Waals surface area contributed by atoms with Crippen molar-refractivity contribution in [1.82, 2.24) is 0 Å². The minimum absolute atomic E-state index is 0.0862. The van der Waals surface area contributed by atoms with E-state index in [1.165, 1.54) is 70.6 Å². The van der Waals surface area contributed by atoms with Gasteiger partial charge in [0.2, 0.25) is 0 Å². The summed E-state index contributed by atoms with van der Waals surface area (Å²) in [7, 11) is -5.02. The first-order valence-electron chi connectivity index (χ1n) is 22.3. The number of ether oxygens (including phenoxy) is 2. The molecule has 0 spiro atoms. The molecule has 0 aromatic heterocycles. The molecule has 0 aliphatic heterocycles. The molecule has 334 valence electrons. The molecule has 57 heavy (non-hydrogen) atoms. The molecule has 6 N–H and O–H groups in total.